The van der Waals surface area contributed by atoms with Crippen LogP contribution in [0.3, 0.4) is 0 Å². The first-order chi connectivity index (χ1) is 8.00. The van der Waals surface area contributed by atoms with Crippen LogP contribution in [-0.2, 0) is 6.42 Å². The summed E-state index contributed by atoms with van der Waals surface area (Å²) >= 11 is 0. The Labute approximate surface area is 103 Å². The zero-order chi connectivity index (χ0) is 12.8. The fraction of sp³-hybridized carbons (Fsp3) is 0.500. The molecule has 17 heavy (non-hydrogen) atoms. The van der Waals surface area contributed by atoms with E-state index in [2.05, 4.69) is 26.1 Å². The lowest BCUT2D eigenvalue weighted by Gasteiger charge is -2.17. The molecule has 1 rings (SSSR count). The highest BCUT2D eigenvalue weighted by Gasteiger charge is 2.06. The molecule has 3 heteroatoms. The Morgan fingerprint density at radius 3 is 2.65 bits per heavy atom. The second kappa shape index (κ2) is 6.40. The minimum Gasteiger partial charge on any atom is -0.478 e. The fourth-order valence-corrected chi connectivity index (χ4v) is 1.54. The summed E-state index contributed by atoms with van der Waals surface area (Å²) in [6.45, 7) is 7.41. The average Bonchev–Trinajstić information content (AvgIpc) is 2.29. The van der Waals surface area contributed by atoms with Gasteiger partial charge < -0.3 is 10.4 Å². The monoisotopic (exact) mass is 235 g/mol. The number of rotatable bonds is 6. The molecule has 0 bridgehead atoms. The molecular weight excluding hydrogens is 214 g/mol. The van der Waals surface area contributed by atoms with E-state index in [4.69, 9.17) is 5.11 Å². The van der Waals surface area contributed by atoms with Crippen molar-refractivity contribution in [3.63, 3.8) is 0 Å². The van der Waals surface area contributed by atoms with Crippen molar-refractivity contribution in [2.24, 2.45) is 5.92 Å². The van der Waals surface area contributed by atoms with Gasteiger partial charge in [0.1, 0.15) is 0 Å². The molecule has 0 aliphatic heterocycles. The highest BCUT2D eigenvalue weighted by atomic mass is 16.4. The number of benzene rings is 1. The lowest BCUT2D eigenvalue weighted by molar-refractivity contribution is 0.0696. The standard InChI is InChI=1S/C14H21NO2/c1-10(2)11(3)15-8-7-12-5-4-6-13(9-12)14(16)17/h4-6,9-11,15H,7-8H2,1-3H3,(H,16,17). The van der Waals surface area contributed by atoms with Gasteiger partial charge in [-0.15, -0.1) is 0 Å². The molecule has 0 saturated heterocycles. The van der Waals surface area contributed by atoms with Crippen LogP contribution in [0.4, 0.5) is 0 Å². The normalized spacial score (nSPS) is 12.7. The smallest absolute Gasteiger partial charge is 0.335 e. The number of hydrogen-bond donors (Lipinski definition) is 2. The number of nitrogens with one attached hydrogen (secondary N) is 1. The van der Waals surface area contributed by atoms with E-state index < -0.39 is 5.97 Å². The lowest BCUT2D eigenvalue weighted by Crippen LogP contribution is -2.32. The van der Waals surface area contributed by atoms with Crippen LogP contribution in [0.2, 0.25) is 0 Å². The molecule has 0 radical (unpaired) electrons. The SMILES string of the molecule is CC(C)C(C)NCCc1cccc(C(=O)O)c1. The first-order valence-electron chi connectivity index (χ1n) is 6.06. The topological polar surface area (TPSA) is 49.3 Å². The van der Waals surface area contributed by atoms with E-state index in [0.29, 0.717) is 17.5 Å². The van der Waals surface area contributed by atoms with Crippen LogP contribution < -0.4 is 5.32 Å². The number of carboxylic acids is 1. The Balaban J connectivity index is 2.47. The Bertz CT molecular complexity index is 374. The minimum atomic E-state index is -0.865. The fourth-order valence-electron chi connectivity index (χ4n) is 1.54. The quantitative estimate of drug-likeness (QED) is 0.796. The van der Waals surface area contributed by atoms with Gasteiger partial charge in [0.15, 0.2) is 0 Å². The van der Waals surface area contributed by atoms with Gasteiger partial charge in [0.25, 0.3) is 0 Å². The molecule has 0 fully saturated rings. The van der Waals surface area contributed by atoms with Crippen LogP contribution in [0, 0.1) is 5.92 Å². The van der Waals surface area contributed by atoms with Crippen molar-refractivity contribution in [1.29, 1.82) is 0 Å². The molecule has 0 heterocycles. The van der Waals surface area contributed by atoms with Gasteiger partial charge in [0.2, 0.25) is 0 Å². The lowest BCUT2D eigenvalue weighted by atomic mass is 10.1. The largest absolute Gasteiger partial charge is 0.478 e. The minimum absolute atomic E-state index is 0.361. The summed E-state index contributed by atoms with van der Waals surface area (Å²) in [6.07, 6.45) is 0.859. The van der Waals surface area contributed by atoms with E-state index in [9.17, 15) is 4.79 Å². The second-order valence-corrected chi connectivity index (χ2v) is 4.74. The van der Waals surface area contributed by atoms with Gasteiger partial charge in [0, 0.05) is 6.04 Å². The molecule has 0 amide bonds. The van der Waals surface area contributed by atoms with E-state index in [1.165, 1.54) is 0 Å². The van der Waals surface area contributed by atoms with Crippen LogP contribution in [0.15, 0.2) is 24.3 Å². The van der Waals surface area contributed by atoms with Crippen molar-refractivity contribution < 1.29 is 9.90 Å². The van der Waals surface area contributed by atoms with E-state index >= 15 is 0 Å². The van der Waals surface area contributed by atoms with Gasteiger partial charge in [-0.05, 0) is 43.5 Å². The van der Waals surface area contributed by atoms with Crippen LogP contribution in [0.25, 0.3) is 0 Å². The summed E-state index contributed by atoms with van der Waals surface area (Å²) in [5, 5.41) is 12.3. The summed E-state index contributed by atoms with van der Waals surface area (Å²) < 4.78 is 0. The van der Waals surface area contributed by atoms with Gasteiger partial charge in [-0.25, -0.2) is 4.79 Å². The first-order valence-corrected chi connectivity index (χ1v) is 6.06. The summed E-state index contributed by atoms with van der Waals surface area (Å²) in [7, 11) is 0. The highest BCUT2D eigenvalue weighted by Crippen LogP contribution is 2.06. The highest BCUT2D eigenvalue weighted by molar-refractivity contribution is 5.87. The Hall–Kier alpha value is -1.35. The molecule has 1 atom stereocenters. The van der Waals surface area contributed by atoms with Crippen molar-refractivity contribution in [2.75, 3.05) is 6.54 Å². The second-order valence-electron chi connectivity index (χ2n) is 4.74. The Kier molecular flexibility index (Phi) is 5.16. The van der Waals surface area contributed by atoms with Crippen LogP contribution in [0.1, 0.15) is 36.7 Å². The summed E-state index contributed by atoms with van der Waals surface area (Å²) in [6, 6.07) is 7.61. The van der Waals surface area contributed by atoms with Crippen LogP contribution >= 0.6 is 0 Å². The van der Waals surface area contributed by atoms with Crippen molar-refractivity contribution >= 4 is 5.97 Å². The first kappa shape index (κ1) is 13.7. The Morgan fingerprint density at radius 1 is 1.35 bits per heavy atom. The average molecular weight is 235 g/mol. The van der Waals surface area contributed by atoms with Crippen molar-refractivity contribution in [2.45, 2.75) is 33.2 Å². The van der Waals surface area contributed by atoms with E-state index in [1.807, 2.05) is 6.07 Å². The summed E-state index contributed by atoms with van der Waals surface area (Å²) in [5.74, 6) is -0.254. The summed E-state index contributed by atoms with van der Waals surface area (Å²) in [4.78, 5) is 10.8. The number of hydrogen-bond acceptors (Lipinski definition) is 2. The van der Waals surface area contributed by atoms with Crippen LogP contribution in [-0.4, -0.2) is 23.7 Å². The summed E-state index contributed by atoms with van der Waals surface area (Å²) in [5.41, 5.74) is 1.42. The van der Waals surface area contributed by atoms with Gasteiger partial charge in [-0.2, -0.15) is 0 Å². The molecule has 1 unspecified atom stereocenters. The zero-order valence-electron chi connectivity index (χ0n) is 10.7. The van der Waals surface area contributed by atoms with Crippen LogP contribution in [0.5, 0.6) is 0 Å². The Morgan fingerprint density at radius 2 is 2.06 bits per heavy atom. The maximum Gasteiger partial charge on any atom is 0.335 e. The predicted octanol–water partition coefficient (Wildman–Crippen LogP) is 2.56. The van der Waals surface area contributed by atoms with Gasteiger partial charge >= 0.3 is 5.97 Å². The zero-order valence-corrected chi connectivity index (χ0v) is 10.7. The van der Waals surface area contributed by atoms with Gasteiger partial charge in [0.05, 0.1) is 5.56 Å². The van der Waals surface area contributed by atoms with Crippen molar-refractivity contribution in [1.82, 2.24) is 5.32 Å². The number of carbonyl (C=O) groups is 1. The molecule has 1 aromatic carbocycles. The van der Waals surface area contributed by atoms with E-state index in [0.717, 1.165) is 18.5 Å². The molecule has 0 aliphatic carbocycles. The number of carboxylic acid groups (broad SMARTS) is 1. The van der Waals surface area contributed by atoms with Gasteiger partial charge in [-0.1, -0.05) is 26.0 Å². The molecule has 0 spiro atoms. The molecule has 0 saturated carbocycles. The maximum atomic E-state index is 10.8. The molecule has 0 aliphatic rings. The third-order valence-electron chi connectivity index (χ3n) is 3.05. The molecule has 0 aromatic heterocycles. The van der Waals surface area contributed by atoms with E-state index in [-0.39, 0.29) is 0 Å². The van der Waals surface area contributed by atoms with E-state index in [1.54, 1.807) is 18.2 Å². The molecular formula is C14H21NO2. The van der Waals surface area contributed by atoms with Gasteiger partial charge in [-0.3, -0.25) is 0 Å². The number of aromatic carboxylic acids is 1. The van der Waals surface area contributed by atoms with Crippen molar-refractivity contribution in [3.05, 3.63) is 35.4 Å². The molecule has 3 nitrogen and oxygen atoms in total. The third kappa shape index (κ3) is 4.57. The van der Waals surface area contributed by atoms with Crippen molar-refractivity contribution in [3.8, 4) is 0 Å². The predicted molar refractivity (Wildman–Crippen MR) is 69.4 cm³/mol. The molecule has 94 valence electrons. The third-order valence-corrected chi connectivity index (χ3v) is 3.05. The molecule has 2 N–H and O–H groups in total. The maximum absolute atomic E-state index is 10.8. The molecule has 1 aromatic rings.